The molecule has 0 aromatic rings. The van der Waals surface area contributed by atoms with Crippen molar-refractivity contribution >= 4 is 23.0 Å². The summed E-state index contributed by atoms with van der Waals surface area (Å²) < 4.78 is 0. The van der Waals surface area contributed by atoms with Crippen LogP contribution >= 0.6 is 11.6 Å². The van der Waals surface area contributed by atoms with E-state index in [1.54, 1.807) is 0 Å². The first-order chi connectivity index (χ1) is 10.2. The molecule has 2 aliphatic heterocycles. The Morgan fingerprint density at radius 2 is 2.24 bits per heavy atom. The molecule has 5 rings (SSSR count). The highest BCUT2D eigenvalue weighted by Crippen LogP contribution is 2.69. The minimum atomic E-state index is -0.295. The molecule has 2 heterocycles. The van der Waals surface area contributed by atoms with E-state index in [1.165, 1.54) is 11.1 Å². The number of fused-ring (bicyclic) bond motifs is 1. The van der Waals surface area contributed by atoms with Crippen LogP contribution in [0.5, 0.6) is 0 Å². The molecule has 0 saturated heterocycles. The second-order valence-corrected chi connectivity index (χ2v) is 6.68. The quantitative estimate of drug-likeness (QED) is 0.534. The van der Waals surface area contributed by atoms with Crippen LogP contribution in [0.3, 0.4) is 0 Å². The van der Waals surface area contributed by atoms with E-state index < -0.39 is 0 Å². The molecule has 106 valence electrons. The van der Waals surface area contributed by atoms with Crippen molar-refractivity contribution in [1.29, 1.82) is 0 Å². The summed E-state index contributed by atoms with van der Waals surface area (Å²) in [6.45, 7) is 0.802. The first-order valence-electron chi connectivity index (χ1n) is 7.25. The average molecular weight is 300 g/mol. The van der Waals surface area contributed by atoms with Crippen molar-refractivity contribution in [2.45, 2.75) is 24.8 Å². The number of nitrogens with one attached hydrogen (secondary N) is 1. The van der Waals surface area contributed by atoms with E-state index in [0.29, 0.717) is 11.5 Å². The minimum Gasteiger partial charge on any atom is -0.411 e. The third kappa shape index (κ3) is 1.06. The van der Waals surface area contributed by atoms with E-state index in [2.05, 4.69) is 22.6 Å². The highest BCUT2D eigenvalue weighted by molar-refractivity contribution is 6.49. The second-order valence-electron chi connectivity index (χ2n) is 6.28. The zero-order chi connectivity index (χ0) is 14.2. The molecule has 5 aliphatic rings. The predicted molar refractivity (Wildman–Crippen MR) is 81.9 cm³/mol. The molecular formula is C16H14ClN3O. The number of rotatable bonds is 0. The van der Waals surface area contributed by atoms with Gasteiger partial charge in [0.25, 0.3) is 0 Å². The molecule has 21 heavy (non-hydrogen) atoms. The van der Waals surface area contributed by atoms with Crippen LogP contribution < -0.4 is 5.32 Å². The molecule has 2 unspecified atom stereocenters. The zero-order valence-corrected chi connectivity index (χ0v) is 12.1. The molecule has 2 N–H and O–H groups in total. The van der Waals surface area contributed by atoms with Gasteiger partial charge in [0.2, 0.25) is 0 Å². The Kier molecular flexibility index (Phi) is 1.97. The molecule has 0 spiro atoms. The second kappa shape index (κ2) is 3.50. The number of hydrogen-bond donors (Lipinski definition) is 2. The summed E-state index contributed by atoms with van der Waals surface area (Å²) >= 11 is 6.33. The van der Waals surface area contributed by atoms with Crippen LogP contribution in [-0.4, -0.2) is 28.7 Å². The van der Waals surface area contributed by atoms with Gasteiger partial charge in [-0.15, -0.1) is 0 Å². The average Bonchev–Trinajstić information content (AvgIpc) is 2.94. The summed E-state index contributed by atoms with van der Waals surface area (Å²) in [6.07, 6.45) is 10.8. The van der Waals surface area contributed by atoms with Gasteiger partial charge in [0.05, 0.1) is 21.9 Å². The lowest BCUT2D eigenvalue weighted by Gasteiger charge is -2.58. The van der Waals surface area contributed by atoms with E-state index in [9.17, 15) is 5.21 Å². The summed E-state index contributed by atoms with van der Waals surface area (Å²) in [5.41, 5.74) is 4.90. The van der Waals surface area contributed by atoms with Crippen molar-refractivity contribution in [3.8, 4) is 0 Å². The number of dihydropyridines is 1. The molecule has 5 heteroatoms. The van der Waals surface area contributed by atoms with Crippen LogP contribution in [0, 0.1) is 5.41 Å². The molecular weight excluding hydrogens is 286 g/mol. The Balaban J connectivity index is 1.83. The van der Waals surface area contributed by atoms with Crippen molar-refractivity contribution in [2.24, 2.45) is 15.6 Å². The van der Waals surface area contributed by atoms with Crippen LogP contribution in [0.4, 0.5) is 0 Å². The number of nitrogens with zero attached hydrogens (tertiary/aromatic N) is 2. The Labute approximate surface area is 127 Å². The molecule has 0 aromatic heterocycles. The molecule has 0 radical (unpaired) electrons. The van der Waals surface area contributed by atoms with Gasteiger partial charge >= 0.3 is 0 Å². The van der Waals surface area contributed by atoms with Gasteiger partial charge in [-0.25, -0.2) is 0 Å². The smallest absolute Gasteiger partial charge is 0.102 e. The normalized spacial score (nSPS) is 40.4. The van der Waals surface area contributed by atoms with Gasteiger partial charge in [0.1, 0.15) is 5.54 Å². The van der Waals surface area contributed by atoms with Crippen LogP contribution in [0.25, 0.3) is 0 Å². The van der Waals surface area contributed by atoms with Crippen molar-refractivity contribution in [3.05, 3.63) is 46.2 Å². The third-order valence-corrected chi connectivity index (χ3v) is 6.02. The maximum absolute atomic E-state index is 9.63. The van der Waals surface area contributed by atoms with Gasteiger partial charge in [-0.2, -0.15) is 0 Å². The number of halogens is 1. The van der Waals surface area contributed by atoms with Crippen LogP contribution in [0.15, 0.2) is 56.3 Å². The Bertz CT molecular complexity index is 770. The maximum atomic E-state index is 9.63. The van der Waals surface area contributed by atoms with E-state index in [-0.39, 0.29) is 11.0 Å². The highest BCUT2D eigenvalue weighted by atomic mass is 35.5. The topological polar surface area (TPSA) is 57.0 Å². The molecule has 0 aromatic carbocycles. The third-order valence-electron chi connectivity index (χ3n) is 5.71. The summed E-state index contributed by atoms with van der Waals surface area (Å²) in [5.74, 6) is 0. The van der Waals surface area contributed by atoms with E-state index >= 15 is 0 Å². The fourth-order valence-electron chi connectivity index (χ4n) is 4.77. The lowest BCUT2D eigenvalue weighted by Crippen LogP contribution is -2.62. The highest BCUT2D eigenvalue weighted by Gasteiger charge is 2.71. The van der Waals surface area contributed by atoms with Crippen molar-refractivity contribution in [2.75, 3.05) is 6.54 Å². The maximum Gasteiger partial charge on any atom is 0.102 e. The monoisotopic (exact) mass is 299 g/mol. The van der Waals surface area contributed by atoms with E-state index in [4.69, 9.17) is 16.6 Å². The Morgan fingerprint density at radius 3 is 3.00 bits per heavy atom. The fourth-order valence-corrected chi connectivity index (χ4v) is 4.98. The standard InChI is InChI=1S/C16H14ClN3O/c17-12-2-1-11-14(12)19-16-5-4-15(11,16)13(20-21)7-9-8-18-6-3-10(9)16/h1-3,6,18,21H,4-5,7-8H2. The number of oxime groups is 1. The van der Waals surface area contributed by atoms with Crippen molar-refractivity contribution < 1.29 is 5.21 Å². The SMILES string of the molecule is ON=C1CC2=C(C=CNC2)C23CCC12C1=CC=C(Cl)C1=N3. The van der Waals surface area contributed by atoms with Crippen molar-refractivity contribution in [1.82, 2.24) is 5.32 Å². The lowest BCUT2D eigenvalue weighted by atomic mass is 9.45. The Hall–Kier alpha value is -1.81. The van der Waals surface area contributed by atoms with Gasteiger partial charge in [0, 0.05) is 13.0 Å². The first kappa shape index (κ1) is 11.8. The molecule has 4 nitrogen and oxygen atoms in total. The Morgan fingerprint density at radius 1 is 1.33 bits per heavy atom. The van der Waals surface area contributed by atoms with Gasteiger partial charge in [-0.3, -0.25) is 4.99 Å². The van der Waals surface area contributed by atoms with Gasteiger partial charge in [0.15, 0.2) is 0 Å². The molecule has 2 atom stereocenters. The fraction of sp³-hybridized carbons (Fsp3) is 0.375. The predicted octanol–water partition coefficient (Wildman–Crippen LogP) is 2.67. The molecule has 0 amide bonds. The largest absolute Gasteiger partial charge is 0.411 e. The number of hydrogen-bond acceptors (Lipinski definition) is 4. The van der Waals surface area contributed by atoms with Gasteiger partial charge < -0.3 is 10.5 Å². The summed E-state index contributed by atoms with van der Waals surface area (Å²) in [6, 6.07) is 0. The summed E-state index contributed by atoms with van der Waals surface area (Å²) in [7, 11) is 0. The van der Waals surface area contributed by atoms with E-state index in [0.717, 1.165) is 36.4 Å². The van der Waals surface area contributed by atoms with Crippen LogP contribution in [-0.2, 0) is 0 Å². The van der Waals surface area contributed by atoms with Crippen LogP contribution in [0.2, 0.25) is 0 Å². The molecule has 1 fully saturated rings. The number of aliphatic imine (C=N–C) groups is 1. The van der Waals surface area contributed by atoms with E-state index in [1.807, 2.05) is 12.3 Å². The summed E-state index contributed by atoms with van der Waals surface area (Å²) in [4.78, 5) is 5.05. The molecule has 1 saturated carbocycles. The molecule has 3 aliphatic carbocycles. The minimum absolute atomic E-state index is 0.273. The zero-order valence-electron chi connectivity index (χ0n) is 11.4. The first-order valence-corrected chi connectivity index (χ1v) is 7.63. The van der Waals surface area contributed by atoms with Gasteiger partial charge in [-0.05, 0) is 47.9 Å². The van der Waals surface area contributed by atoms with Crippen molar-refractivity contribution in [3.63, 3.8) is 0 Å². The van der Waals surface area contributed by atoms with Crippen LogP contribution in [0.1, 0.15) is 19.3 Å². The molecule has 0 bridgehead atoms. The summed E-state index contributed by atoms with van der Waals surface area (Å²) in [5, 5.41) is 17.3. The lowest BCUT2D eigenvalue weighted by molar-refractivity contribution is 0.148. The number of allylic oxidation sites excluding steroid dienone is 3. The van der Waals surface area contributed by atoms with Gasteiger partial charge in [-0.1, -0.05) is 22.8 Å².